The highest BCUT2D eigenvalue weighted by molar-refractivity contribution is 5.95. The van der Waals surface area contributed by atoms with Gasteiger partial charge in [-0.25, -0.2) is 9.07 Å². The van der Waals surface area contributed by atoms with Gasteiger partial charge in [0.25, 0.3) is 11.8 Å². The van der Waals surface area contributed by atoms with E-state index >= 15 is 0 Å². The smallest absolute Gasteiger partial charge is 0.276 e. The molecule has 1 aliphatic heterocycles. The minimum Gasteiger partial charge on any atom is -0.349 e. The van der Waals surface area contributed by atoms with Gasteiger partial charge in [0.1, 0.15) is 5.82 Å². The number of carbonyl (C=O) groups is 2. The van der Waals surface area contributed by atoms with Crippen LogP contribution in [0.3, 0.4) is 0 Å². The zero-order valence-electron chi connectivity index (χ0n) is 18.5. The van der Waals surface area contributed by atoms with Crippen molar-refractivity contribution < 1.29 is 14.0 Å². The van der Waals surface area contributed by atoms with Crippen LogP contribution in [-0.4, -0.2) is 50.8 Å². The molecule has 0 radical (unpaired) electrons. The van der Waals surface area contributed by atoms with E-state index in [2.05, 4.69) is 15.6 Å². The van der Waals surface area contributed by atoms with Gasteiger partial charge in [-0.1, -0.05) is 35.0 Å². The molecule has 1 N–H and O–H groups in total. The topological polar surface area (TPSA) is 80.1 Å². The second kappa shape index (κ2) is 8.77. The van der Waals surface area contributed by atoms with Crippen LogP contribution < -0.4 is 5.32 Å². The summed E-state index contributed by atoms with van der Waals surface area (Å²) in [5, 5.41) is 11.5. The van der Waals surface area contributed by atoms with Gasteiger partial charge < -0.3 is 10.2 Å². The highest BCUT2D eigenvalue weighted by Gasteiger charge is 2.36. The molecule has 2 fully saturated rings. The van der Waals surface area contributed by atoms with Crippen molar-refractivity contribution in [2.45, 2.75) is 44.6 Å². The fourth-order valence-electron chi connectivity index (χ4n) is 4.33. The molecule has 2 amide bonds. The molecule has 33 heavy (non-hydrogen) atoms. The summed E-state index contributed by atoms with van der Waals surface area (Å²) < 4.78 is 15.7. The Kier molecular flexibility index (Phi) is 5.66. The highest BCUT2D eigenvalue weighted by atomic mass is 19.1. The fraction of sp³-hybridized carbons (Fsp3) is 0.360. The first-order valence-corrected chi connectivity index (χ1v) is 11.4. The van der Waals surface area contributed by atoms with Crippen LogP contribution in [0.2, 0.25) is 0 Å². The molecule has 0 unspecified atom stereocenters. The molecule has 7 nitrogen and oxygen atoms in total. The van der Waals surface area contributed by atoms with E-state index in [-0.39, 0.29) is 17.5 Å². The number of aromatic nitrogens is 3. The second-order valence-corrected chi connectivity index (χ2v) is 8.86. The summed E-state index contributed by atoms with van der Waals surface area (Å²) >= 11 is 0. The standard InChI is InChI=1S/C25H26FN5O2/c1-16-6-10-19(11-7-16)31-23(17-8-9-17)22(28-29-31)25(33)30-14-12-18(13-15-30)27-24(32)20-4-2-3-5-21(20)26/h2-7,10-11,17-18H,8-9,12-15H2,1H3,(H,27,32). The summed E-state index contributed by atoms with van der Waals surface area (Å²) in [7, 11) is 0. The third kappa shape index (κ3) is 4.37. The summed E-state index contributed by atoms with van der Waals surface area (Å²) in [6.07, 6.45) is 3.28. The van der Waals surface area contributed by atoms with Gasteiger partial charge in [0, 0.05) is 25.0 Å². The fourth-order valence-corrected chi connectivity index (χ4v) is 4.33. The van der Waals surface area contributed by atoms with Gasteiger partial charge in [-0.15, -0.1) is 5.10 Å². The summed E-state index contributed by atoms with van der Waals surface area (Å²) in [5.74, 6) is -0.770. The number of nitrogens with one attached hydrogen (secondary N) is 1. The Morgan fingerprint density at radius 3 is 2.36 bits per heavy atom. The van der Waals surface area contributed by atoms with E-state index in [9.17, 15) is 14.0 Å². The van der Waals surface area contributed by atoms with Gasteiger partial charge in [0.2, 0.25) is 0 Å². The number of hydrogen-bond donors (Lipinski definition) is 1. The second-order valence-electron chi connectivity index (χ2n) is 8.86. The van der Waals surface area contributed by atoms with Crippen molar-refractivity contribution in [1.82, 2.24) is 25.2 Å². The summed E-state index contributed by atoms with van der Waals surface area (Å²) in [5.41, 5.74) is 3.42. The SMILES string of the molecule is Cc1ccc(-n2nnc(C(=O)N3CCC(NC(=O)c4ccccc4F)CC3)c2C2CC2)cc1. The van der Waals surface area contributed by atoms with E-state index in [0.29, 0.717) is 37.5 Å². The van der Waals surface area contributed by atoms with E-state index in [1.54, 1.807) is 21.7 Å². The molecule has 0 spiro atoms. The van der Waals surface area contributed by atoms with Gasteiger partial charge in [-0.3, -0.25) is 9.59 Å². The monoisotopic (exact) mass is 447 g/mol. The average Bonchev–Trinajstić information content (AvgIpc) is 3.57. The van der Waals surface area contributed by atoms with Crippen molar-refractivity contribution in [3.05, 3.63) is 76.9 Å². The lowest BCUT2D eigenvalue weighted by atomic mass is 10.0. The van der Waals surface area contributed by atoms with Crippen LogP contribution in [0, 0.1) is 12.7 Å². The molecule has 1 aliphatic carbocycles. The Bertz CT molecular complexity index is 1180. The predicted octanol–water partition coefficient (Wildman–Crippen LogP) is 3.63. The van der Waals surface area contributed by atoms with Crippen molar-refractivity contribution in [3.8, 4) is 5.69 Å². The molecule has 170 valence electrons. The number of amides is 2. The molecular formula is C25H26FN5O2. The molecule has 3 aromatic rings. The molecule has 1 aromatic heterocycles. The van der Waals surface area contributed by atoms with Crippen molar-refractivity contribution in [1.29, 1.82) is 0 Å². The number of hydrogen-bond acceptors (Lipinski definition) is 4. The Morgan fingerprint density at radius 2 is 1.70 bits per heavy atom. The van der Waals surface area contributed by atoms with E-state index in [1.807, 2.05) is 31.2 Å². The number of nitrogens with zero attached hydrogens (tertiary/aromatic N) is 4. The normalized spacial score (nSPS) is 16.6. The highest BCUT2D eigenvalue weighted by Crippen LogP contribution is 2.42. The van der Waals surface area contributed by atoms with Crippen LogP contribution in [0.15, 0.2) is 48.5 Å². The molecule has 5 rings (SSSR count). The van der Waals surface area contributed by atoms with Gasteiger partial charge >= 0.3 is 0 Å². The molecule has 1 saturated heterocycles. The average molecular weight is 448 g/mol. The van der Waals surface area contributed by atoms with Crippen LogP contribution in [-0.2, 0) is 0 Å². The minimum atomic E-state index is -0.535. The van der Waals surface area contributed by atoms with Gasteiger partial charge in [-0.2, -0.15) is 0 Å². The van der Waals surface area contributed by atoms with Gasteiger partial charge in [0.05, 0.1) is 16.9 Å². The number of piperidine rings is 1. The molecule has 2 aromatic carbocycles. The molecule has 0 atom stereocenters. The van der Waals surface area contributed by atoms with E-state index in [4.69, 9.17) is 0 Å². The Morgan fingerprint density at radius 1 is 1.00 bits per heavy atom. The third-order valence-electron chi connectivity index (χ3n) is 6.39. The molecule has 1 saturated carbocycles. The lowest BCUT2D eigenvalue weighted by Crippen LogP contribution is -2.47. The van der Waals surface area contributed by atoms with Crippen LogP contribution in [0.5, 0.6) is 0 Å². The van der Waals surface area contributed by atoms with Crippen molar-refractivity contribution in [3.63, 3.8) is 0 Å². The van der Waals surface area contributed by atoms with Crippen molar-refractivity contribution in [2.75, 3.05) is 13.1 Å². The Labute approximate surface area is 191 Å². The zero-order chi connectivity index (χ0) is 22.9. The first-order valence-electron chi connectivity index (χ1n) is 11.4. The van der Waals surface area contributed by atoms with Crippen LogP contribution in [0.25, 0.3) is 5.69 Å². The van der Waals surface area contributed by atoms with Crippen LogP contribution in [0.4, 0.5) is 4.39 Å². The van der Waals surface area contributed by atoms with Gasteiger partial charge in [0.15, 0.2) is 5.69 Å². The molecule has 2 heterocycles. The summed E-state index contributed by atoms with van der Waals surface area (Å²) in [4.78, 5) is 27.5. The molecule has 8 heteroatoms. The van der Waals surface area contributed by atoms with E-state index < -0.39 is 11.7 Å². The molecule has 2 aliphatic rings. The van der Waals surface area contributed by atoms with Crippen molar-refractivity contribution in [2.24, 2.45) is 0 Å². The number of carbonyl (C=O) groups excluding carboxylic acids is 2. The van der Waals surface area contributed by atoms with Gasteiger partial charge in [-0.05, 0) is 56.9 Å². The van der Waals surface area contributed by atoms with E-state index in [1.165, 1.54) is 12.1 Å². The first kappa shape index (κ1) is 21.3. The Balaban J connectivity index is 1.26. The third-order valence-corrected chi connectivity index (χ3v) is 6.39. The maximum Gasteiger partial charge on any atom is 0.276 e. The maximum atomic E-state index is 13.9. The number of rotatable bonds is 5. The summed E-state index contributed by atoms with van der Waals surface area (Å²) in [6, 6.07) is 13.9. The van der Waals surface area contributed by atoms with E-state index in [0.717, 1.165) is 29.8 Å². The van der Waals surface area contributed by atoms with Crippen LogP contribution >= 0.6 is 0 Å². The number of benzene rings is 2. The molecule has 0 bridgehead atoms. The minimum absolute atomic E-state index is 0.0396. The lowest BCUT2D eigenvalue weighted by molar-refractivity contribution is 0.0691. The van der Waals surface area contributed by atoms with Crippen LogP contribution in [0.1, 0.15) is 63.7 Å². The van der Waals surface area contributed by atoms with Crippen molar-refractivity contribution >= 4 is 11.8 Å². The predicted molar refractivity (Wildman–Crippen MR) is 121 cm³/mol. The number of likely N-dealkylation sites (tertiary alicyclic amines) is 1. The number of aryl methyl sites for hydroxylation is 1. The first-order chi connectivity index (χ1) is 16.0. The maximum absolute atomic E-state index is 13.9. The lowest BCUT2D eigenvalue weighted by Gasteiger charge is -2.32. The molecular weight excluding hydrogens is 421 g/mol. The quantitative estimate of drug-likeness (QED) is 0.648. The number of halogens is 1. The largest absolute Gasteiger partial charge is 0.349 e. The zero-order valence-corrected chi connectivity index (χ0v) is 18.5. The Hall–Kier alpha value is -3.55. The summed E-state index contributed by atoms with van der Waals surface area (Å²) in [6.45, 7) is 3.04.